The van der Waals surface area contributed by atoms with Gasteiger partial charge in [-0.15, -0.1) is 0 Å². The van der Waals surface area contributed by atoms with E-state index in [2.05, 4.69) is 21.3 Å². The van der Waals surface area contributed by atoms with Gasteiger partial charge in [-0.2, -0.15) is 0 Å². The molecule has 28 heavy (non-hydrogen) atoms. The zero-order valence-corrected chi connectivity index (χ0v) is 16.0. The highest BCUT2D eigenvalue weighted by Crippen LogP contribution is 2.44. The predicted octanol–water partition coefficient (Wildman–Crippen LogP) is -1.07. The van der Waals surface area contributed by atoms with E-state index >= 15 is 0 Å². The van der Waals surface area contributed by atoms with Gasteiger partial charge < -0.3 is 26.2 Å². The molecule has 0 bridgehead atoms. The first-order valence-corrected chi connectivity index (χ1v) is 9.22. The number of hydrogen-bond acceptors (Lipinski definition) is 7. The fourth-order valence-electron chi connectivity index (χ4n) is 3.92. The Balaban J connectivity index is 1.85. The van der Waals surface area contributed by atoms with Crippen LogP contribution >= 0.6 is 24.4 Å². The Morgan fingerprint density at radius 1 is 0.714 bits per heavy atom. The van der Waals surface area contributed by atoms with Gasteiger partial charge in [-0.05, 0) is 43.0 Å². The van der Waals surface area contributed by atoms with Crippen LogP contribution < -0.4 is 26.2 Å². The SMILES string of the molecule is O=C1NC(=S)NC(=O)C12CN(c1ccccc1)CC1(C2)C(=O)NC(=S)NC1=O. The fourth-order valence-corrected chi connectivity index (χ4v) is 4.29. The Morgan fingerprint density at radius 2 is 1.11 bits per heavy atom. The second kappa shape index (κ2) is 6.31. The number of rotatable bonds is 1. The lowest BCUT2D eigenvalue weighted by molar-refractivity contribution is -0.154. The highest BCUT2D eigenvalue weighted by molar-refractivity contribution is 7.80. The zero-order chi connectivity index (χ0) is 20.1. The molecule has 3 heterocycles. The van der Waals surface area contributed by atoms with Gasteiger partial charge in [0.2, 0.25) is 23.6 Å². The predicted molar refractivity (Wildman–Crippen MR) is 106 cm³/mol. The third-order valence-electron chi connectivity index (χ3n) is 5.29. The molecule has 1 aromatic carbocycles. The standard InChI is InChI=1S/C17H15N5O4S2/c23-10-16(11(24)19-14(27)18-10)6-17(12(25)20-15(28)21-13(17)26)8-22(7-16)9-4-2-1-3-5-9/h1-5H,6-8H2,(H2,18,19,23,24,27)(H2,20,21,25,26,28). The topological polar surface area (TPSA) is 120 Å². The lowest BCUT2D eigenvalue weighted by Gasteiger charge is -2.51. The zero-order valence-electron chi connectivity index (χ0n) is 14.4. The van der Waals surface area contributed by atoms with E-state index in [-0.39, 0.29) is 29.7 Å². The number of anilines is 1. The van der Waals surface area contributed by atoms with Gasteiger partial charge in [-0.3, -0.25) is 19.2 Å². The molecule has 1 aromatic rings. The third kappa shape index (κ3) is 2.66. The van der Waals surface area contributed by atoms with Gasteiger partial charge in [0.25, 0.3) is 0 Å². The maximum atomic E-state index is 12.9. The molecule has 4 amide bonds. The molecule has 144 valence electrons. The van der Waals surface area contributed by atoms with Gasteiger partial charge >= 0.3 is 0 Å². The van der Waals surface area contributed by atoms with Gasteiger partial charge in [-0.25, -0.2) is 0 Å². The number of benzene rings is 1. The van der Waals surface area contributed by atoms with Crippen molar-refractivity contribution in [1.82, 2.24) is 21.3 Å². The molecule has 2 spiro atoms. The highest BCUT2D eigenvalue weighted by Gasteiger charge is 2.64. The quantitative estimate of drug-likeness (QED) is 0.339. The molecule has 0 unspecified atom stereocenters. The molecule has 4 rings (SSSR count). The van der Waals surface area contributed by atoms with E-state index in [9.17, 15) is 19.2 Å². The average molecular weight is 417 g/mol. The first-order valence-electron chi connectivity index (χ1n) is 8.41. The first kappa shape index (κ1) is 18.4. The van der Waals surface area contributed by atoms with Crippen molar-refractivity contribution >= 4 is 64.0 Å². The molecule has 0 radical (unpaired) electrons. The van der Waals surface area contributed by atoms with Gasteiger partial charge in [0.1, 0.15) is 10.8 Å². The highest BCUT2D eigenvalue weighted by atomic mass is 32.1. The van der Waals surface area contributed by atoms with E-state index in [4.69, 9.17) is 24.4 Å². The maximum absolute atomic E-state index is 12.9. The number of carbonyl (C=O) groups is 4. The van der Waals surface area contributed by atoms with E-state index in [1.54, 1.807) is 29.2 Å². The molecule has 0 atom stereocenters. The van der Waals surface area contributed by atoms with Gasteiger partial charge in [0, 0.05) is 18.8 Å². The second-order valence-electron chi connectivity index (χ2n) is 7.01. The van der Waals surface area contributed by atoms with Crippen molar-refractivity contribution in [2.75, 3.05) is 18.0 Å². The van der Waals surface area contributed by atoms with E-state index in [1.165, 1.54) is 0 Å². The number of hydrogen-bond donors (Lipinski definition) is 4. The monoisotopic (exact) mass is 417 g/mol. The molecule has 3 aliphatic rings. The van der Waals surface area contributed by atoms with Crippen molar-refractivity contribution in [3.05, 3.63) is 30.3 Å². The largest absolute Gasteiger partial charge is 0.368 e. The molecular weight excluding hydrogens is 402 g/mol. The minimum Gasteiger partial charge on any atom is -0.368 e. The normalized spacial score (nSPS) is 23.2. The summed E-state index contributed by atoms with van der Waals surface area (Å²) in [5, 5.41) is 9.58. The molecule has 0 aromatic heterocycles. The van der Waals surface area contributed by atoms with E-state index in [1.807, 2.05) is 6.07 Å². The summed E-state index contributed by atoms with van der Waals surface area (Å²) in [6.45, 7) is -0.0197. The van der Waals surface area contributed by atoms with Crippen LogP contribution in [0.3, 0.4) is 0 Å². The summed E-state index contributed by atoms with van der Waals surface area (Å²) in [6.07, 6.45) is -0.302. The molecular formula is C17H15N5O4S2. The molecule has 11 heteroatoms. The summed E-state index contributed by atoms with van der Waals surface area (Å²) >= 11 is 9.78. The summed E-state index contributed by atoms with van der Waals surface area (Å²) in [4.78, 5) is 53.3. The molecule has 3 aliphatic heterocycles. The van der Waals surface area contributed by atoms with Crippen molar-refractivity contribution in [2.24, 2.45) is 10.8 Å². The van der Waals surface area contributed by atoms with E-state index in [0.717, 1.165) is 0 Å². The van der Waals surface area contributed by atoms with Gasteiger partial charge in [0.15, 0.2) is 10.2 Å². The lowest BCUT2D eigenvalue weighted by atomic mass is 9.64. The summed E-state index contributed by atoms with van der Waals surface area (Å²) in [6, 6.07) is 8.94. The van der Waals surface area contributed by atoms with Crippen LogP contribution in [0.15, 0.2) is 30.3 Å². The molecule has 0 saturated carbocycles. The molecule has 4 N–H and O–H groups in total. The summed E-state index contributed by atoms with van der Waals surface area (Å²) in [7, 11) is 0. The van der Waals surface area contributed by atoms with E-state index in [0.29, 0.717) is 5.69 Å². The number of para-hydroxylation sites is 1. The van der Waals surface area contributed by atoms with Crippen LogP contribution in [0.5, 0.6) is 0 Å². The number of piperidine rings is 1. The molecule has 3 saturated heterocycles. The minimum absolute atomic E-state index is 0.00987. The van der Waals surface area contributed by atoms with Crippen molar-refractivity contribution in [2.45, 2.75) is 6.42 Å². The molecule has 3 fully saturated rings. The van der Waals surface area contributed by atoms with Crippen LogP contribution in [0.1, 0.15) is 6.42 Å². The van der Waals surface area contributed by atoms with Crippen LogP contribution in [-0.2, 0) is 19.2 Å². The Hall–Kier alpha value is -2.92. The number of amides is 4. The Bertz CT molecular complexity index is 852. The van der Waals surface area contributed by atoms with Crippen LogP contribution in [0.4, 0.5) is 5.69 Å². The Labute approximate surface area is 170 Å². The maximum Gasteiger partial charge on any atom is 0.243 e. The number of nitrogens with zero attached hydrogens (tertiary/aromatic N) is 1. The number of thiocarbonyl (C=S) groups is 2. The van der Waals surface area contributed by atoms with Crippen molar-refractivity contribution < 1.29 is 19.2 Å². The van der Waals surface area contributed by atoms with Gasteiger partial charge in [0.05, 0.1) is 0 Å². The minimum atomic E-state index is -1.68. The molecule has 0 aliphatic carbocycles. The summed E-state index contributed by atoms with van der Waals surface area (Å²) < 4.78 is 0. The smallest absolute Gasteiger partial charge is 0.243 e. The lowest BCUT2D eigenvalue weighted by Crippen LogP contribution is -2.75. The first-order chi connectivity index (χ1) is 13.3. The van der Waals surface area contributed by atoms with Crippen molar-refractivity contribution in [3.8, 4) is 0 Å². The van der Waals surface area contributed by atoms with Gasteiger partial charge in [-0.1, -0.05) is 18.2 Å². The summed E-state index contributed by atoms with van der Waals surface area (Å²) in [5.74, 6) is -2.57. The second-order valence-corrected chi connectivity index (χ2v) is 7.82. The Morgan fingerprint density at radius 3 is 1.50 bits per heavy atom. The average Bonchev–Trinajstić information content (AvgIpc) is 2.65. The Kier molecular flexibility index (Phi) is 4.16. The number of nitrogens with one attached hydrogen (secondary N) is 4. The van der Waals surface area contributed by atoms with Crippen molar-refractivity contribution in [3.63, 3.8) is 0 Å². The molecule has 9 nitrogen and oxygen atoms in total. The van der Waals surface area contributed by atoms with Crippen LogP contribution in [0, 0.1) is 10.8 Å². The third-order valence-corrected chi connectivity index (χ3v) is 5.70. The fraction of sp³-hybridized carbons (Fsp3) is 0.294. The van der Waals surface area contributed by atoms with Crippen molar-refractivity contribution in [1.29, 1.82) is 0 Å². The van der Waals surface area contributed by atoms with Crippen LogP contribution in [-0.4, -0.2) is 46.9 Å². The van der Waals surface area contributed by atoms with Crippen LogP contribution in [0.25, 0.3) is 0 Å². The summed E-state index contributed by atoms with van der Waals surface area (Å²) in [5.41, 5.74) is -2.68. The van der Waals surface area contributed by atoms with Crippen LogP contribution in [0.2, 0.25) is 0 Å². The van der Waals surface area contributed by atoms with E-state index < -0.39 is 34.5 Å². The number of carbonyl (C=O) groups excluding carboxylic acids is 4.